The molecule has 1 fully saturated rings. The number of ether oxygens (including phenoxy) is 1. The van der Waals surface area contributed by atoms with Crippen molar-refractivity contribution in [1.82, 2.24) is 5.32 Å². The van der Waals surface area contributed by atoms with Gasteiger partial charge in [0.1, 0.15) is 11.8 Å². The summed E-state index contributed by atoms with van der Waals surface area (Å²) in [6.45, 7) is 4.33. The lowest BCUT2D eigenvalue weighted by Crippen LogP contribution is -2.58. The van der Waals surface area contributed by atoms with Crippen molar-refractivity contribution in [2.75, 3.05) is 6.61 Å². The highest BCUT2D eigenvalue weighted by Crippen LogP contribution is 2.41. The first kappa shape index (κ1) is 17.4. The van der Waals surface area contributed by atoms with Crippen molar-refractivity contribution >= 4 is 49.2 Å². The lowest BCUT2D eigenvalue weighted by atomic mass is 9.76. The molecule has 7 heteroatoms. The van der Waals surface area contributed by atoms with Gasteiger partial charge in [0, 0.05) is 4.47 Å². The number of aliphatic hydroxyl groups excluding tert-OH is 1. The zero-order valence-corrected chi connectivity index (χ0v) is 16.0. The summed E-state index contributed by atoms with van der Waals surface area (Å²) >= 11 is 8.38. The molecule has 0 radical (unpaired) electrons. The predicted molar refractivity (Wildman–Crippen MR) is 90.4 cm³/mol. The maximum atomic E-state index is 12.2. The average Bonchev–Trinajstić information content (AvgIpc) is 2.67. The number of nitrogens with one attached hydrogen (secondary N) is 1. The fourth-order valence-corrected chi connectivity index (χ4v) is 4.60. The Morgan fingerprint density at radius 1 is 1.52 bits per heavy atom. The van der Waals surface area contributed by atoms with Gasteiger partial charge in [-0.3, -0.25) is 10.1 Å². The number of carbonyl (C=O) groups excluding carboxylic acids is 1. The van der Waals surface area contributed by atoms with Crippen LogP contribution < -0.4 is 5.32 Å². The Bertz CT molecular complexity index is 529. The van der Waals surface area contributed by atoms with Crippen molar-refractivity contribution in [1.29, 1.82) is 0 Å². The summed E-state index contributed by atoms with van der Waals surface area (Å²) in [5.41, 5.74) is 0.243. The Hall–Kier alpha value is 0.0500. The van der Waals surface area contributed by atoms with Crippen molar-refractivity contribution in [2.45, 2.75) is 51.3 Å². The molecule has 118 valence electrons. The van der Waals surface area contributed by atoms with Crippen LogP contribution in [0, 0.1) is 6.92 Å². The van der Waals surface area contributed by atoms with E-state index in [0.717, 1.165) is 31.5 Å². The Labute approximate surface area is 145 Å². The summed E-state index contributed by atoms with van der Waals surface area (Å²) in [7, 11) is 0. The zero-order chi connectivity index (χ0) is 15.6. The molecule has 0 saturated heterocycles. The van der Waals surface area contributed by atoms with E-state index in [1.165, 1.54) is 11.3 Å². The minimum atomic E-state index is -0.868. The van der Waals surface area contributed by atoms with E-state index >= 15 is 0 Å². The molecule has 1 aromatic rings. The van der Waals surface area contributed by atoms with E-state index in [9.17, 15) is 9.90 Å². The Kier molecular flexibility index (Phi) is 5.87. The molecule has 0 bridgehead atoms. The van der Waals surface area contributed by atoms with Crippen LogP contribution in [0.25, 0.3) is 0 Å². The largest absolute Gasteiger partial charge is 0.464 e. The van der Waals surface area contributed by atoms with E-state index in [0.29, 0.717) is 19.4 Å². The van der Waals surface area contributed by atoms with Crippen molar-refractivity contribution in [3.8, 4) is 0 Å². The molecule has 2 N–H and O–H groups in total. The van der Waals surface area contributed by atoms with E-state index in [1.54, 1.807) is 0 Å². The highest BCUT2D eigenvalue weighted by atomic mass is 79.9. The number of hydrogen-bond donors (Lipinski definition) is 2. The highest BCUT2D eigenvalue weighted by Gasteiger charge is 2.47. The monoisotopic (exact) mass is 439 g/mol. The molecule has 0 spiro atoms. The van der Waals surface area contributed by atoms with Crippen molar-refractivity contribution in [3.05, 3.63) is 18.7 Å². The molecule has 0 aliphatic heterocycles. The smallest absolute Gasteiger partial charge is 0.326 e. The molecule has 2 rings (SSSR count). The normalized spacial score (nSPS) is 18.1. The Balaban J connectivity index is 2.11. The van der Waals surface area contributed by atoms with Crippen molar-refractivity contribution < 1.29 is 14.6 Å². The molecule has 1 heterocycles. The Morgan fingerprint density at radius 2 is 2.19 bits per heavy atom. The number of halogens is 2. The maximum absolute atomic E-state index is 12.2. The summed E-state index contributed by atoms with van der Waals surface area (Å²) in [6, 6.07) is 0. The van der Waals surface area contributed by atoms with Crippen LogP contribution in [-0.4, -0.2) is 23.2 Å². The number of thiophene rings is 1. The second kappa shape index (κ2) is 7.08. The molecule has 0 aromatic carbocycles. The van der Waals surface area contributed by atoms with Gasteiger partial charge in [0.2, 0.25) is 0 Å². The first-order chi connectivity index (χ1) is 9.91. The van der Waals surface area contributed by atoms with Gasteiger partial charge in [-0.05, 0) is 70.0 Å². The van der Waals surface area contributed by atoms with Gasteiger partial charge in [-0.25, -0.2) is 0 Å². The van der Waals surface area contributed by atoms with Crippen LogP contribution in [0.3, 0.4) is 0 Å². The minimum absolute atomic E-state index is 0.248. The summed E-state index contributed by atoms with van der Waals surface area (Å²) in [6.07, 6.45) is 2.32. The van der Waals surface area contributed by atoms with Crippen LogP contribution in [0.2, 0.25) is 0 Å². The summed E-state index contributed by atoms with van der Waals surface area (Å²) < 4.78 is 7.15. The van der Waals surface area contributed by atoms with Gasteiger partial charge < -0.3 is 9.84 Å². The van der Waals surface area contributed by atoms with Crippen molar-refractivity contribution in [2.24, 2.45) is 0 Å². The number of aliphatic hydroxyl groups is 1. The number of carbonyl (C=O) groups is 1. The maximum Gasteiger partial charge on any atom is 0.326 e. The highest BCUT2D eigenvalue weighted by molar-refractivity contribution is 9.13. The molecule has 1 aliphatic carbocycles. The second-order valence-electron chi connectivity index (χ2n) is 5.30. The van der Waals surface area contributed by atoms with E-state index in [2.05, 4.69) is 37.2 Å². The Morgan fingerprint density at radius 3 is 2.62 bits per heavy atom. The standard InChI is InChI=1S/C14H19Br2NO3S/c1-3-7-20-13(19)14(5-4-6-14)17-12(18)10-8(2)9(15)11(16)21-10/h12,17-18H,3-7H2,1-2H3. The summed E-state index contributed by atoms with van der Waals surface area (Å²) in [5, 5.41) is 13.5. The van der Waals surface area contributed by atoms with Crippen LogP contribution in [0.15, 0.2) is 8.26 Å². The lowest BCUT2D eigenvalue weighted by Gasteiger charge is -2.41. The van der Waals surface area contributed by atoms with E-state index in [1.807, 2.05) is 13.8 Å². The van der Waals surface area contributed by atoms with Crippen LogP contribution in [0.4, 0.5) is 0 Å². The quantitative estimate of drug-likeness (QED) is 0.517. The minimum Gasteiger partial charge on any atom is -0.464 e. The van der Waals surface area contributed by atoms with E-state index in [4.69, 9.17) is 4.74 Å². The van der Waals surface area contributed by atoms with E-state index < -0.39 is 11.8 Å². The molecule has 4 nitrogen and oxygen atoms in total. The van der Waals surface area contributed by atoms with Crippen LogP contribution in [0.1, 0.15) is 49.3 Å². The first-order valence-electron chi connectivity index (χ1n) is 6.98. The molecule has 1 atom stereocenters. The molecule has 21 heavy (non-hydrogen) atoms. The molecule has 1 aliphatic rings. The zero-order valence-electron chi connectivity index (χ0n) is 12.0. The van der Waals surface area contributed by atoms with Crippen molar-refractivity contribution in [3.63, 3.8) is 0 Å². The van der Waals surface area contributed by atoms with Crippen LogP contribution in [0.5, 0.6) is 0 Å². The van der Waals surface area contributed by atoms with Gasteiger partial charge in [-0.2, -0.15) is 0 Å². The van der Waals surface area contributed by atoms with Gasteiger partial charge in [-0.15, -0.1) is 11.3 Å². The molecule has 1 saturated carbocycles. The summed E-state index contributed by atoms with van der Waals surface area (Å²) in [5.74, 6) is -0.248. The number of esters is 1. The molecule has 1 aromatic heterocycles. The van der Waals surface area contributed by atoms with Gasteiger partial charge in [0.15, 0.2) is 0 Å². The van der Waals surface area contributed by atoms with Gasteiger partial charge in [0.05, 0.1) is 15.3 Å². The fraction of sp³-hybridized carbons (Fsp3) is 0.643. The molecular weight excluding hydrogens is 422 g/mol. The lowest BCUT2D eigenvalue weighted by molar-refractivity contribution is -0.158. The average molecular weight is 441 g/mol. The van der Waals surface area contributed by atoms with Crippen LogP contribution >= 0.6 is 43.2 Å². The van der Waals surface area contributed by atoms with Gasteiger partial charge >= 0.3 is 5.97 Å². The number of rotatable bonds is 6. The first-order valence-corrected chi connectivity index (χ1v) is 9.39. The van der Waals surface area contributed by atoms with Gasteiger partial charge in [-0.1, -0.05) is 6.92 Å². The molecular formula is C14H19Br2NO3S. The SMILES string of the molecule is CCCOC(=O)C1(NC(O)c2sc(Br)c(Br)c2C)CCC1. The topological polar surface area (TPSA) is 58.6 Å². The fourth-order valence-electron chi connectivity index (χ4n) is 2.33. The molecule has 0 amide bonds. The van der Waals surface area contributed by atoms with E-state index in [-0.39, 0.29) is 5.97 Å². The third kappa shape index (κ3) is 3.52. The summed E-state index contributed by atoms with van der Waals surface area (Å²) in [4.78, 5) is 13.0. The predicted octanol–water partition coefficient (Wildman–Crippen LogP) is 4.04. The third-order valence-corrected chi connectivity index (χ3v) is 7.57. The third-order valence-electron chi connectivity index (χ3n) is 3.77. The second-order valence-corrected chi connectivity index (χ2v) is 8.46. The van der Waals surface area contributed by atoms with Gasteiger partial charge in [0.25, 0.3) is 0 Å². The van der Waals surface area contributed by atoms with Crippen LogP contribution in [-0.2, 0) is 9.53 Å². The molecule has 1 unspecified atom stereocenters. The number of hydrogen-bond acceptors (Lipinski definition) is 5.